The number of hydrogen-bond acceptors (Lipinski definition) is 2. The number of carbonyl (C=O) groups excluding carboxylic acids is 1. The lowest BCUT2D eigenvalue weighted by molar-refractivity contribution is -0.167. The number of amides is 1. The number of benzene rings is 1. The van der Waals surface area contributed by atoms with E-state index < -0.39 is 12.1 Å². The third-order valence-corrected chi connectivity index (χ3v) is 2.29. The summed E-state index contributed by atoms with van der Waals surface area (Å²) in [5.74, 6) is -2.02. The van der Waals surface area contributed by atoms with Crippen LogP contribution in [-0.2, 0) is 11.3 Å². The van der Waals surface area contributed by atoms with Crippen LogP contribution in [0.2, 0.25) is 5.02 Å². The highest BCUT2D eigenvalue weighted by Crippen LogP contribution is 2.23. The lowest BCUT2D eigenvalue weighted by Gasteiger charge is -2.10. The van der Waals surface area contributed by atoms with Gasteiger partial charge in [-0.25, -0.2) is 0 Å². The maximum absolute atomic E-state index is 12.0. The molecule has 0 heterocycles. The Balaban J connectivity index is 2.81. The predicted molar refractivity (Wildman–Crippen MR) is 58.9 cm³/mol. The van der Waals surface area contributed by atoms with E-state index in [9.17, 15) is 18.0 Å². The maximum atomic E-state index is 12.0. The summed E-state index contributed by atoms with van der Waals surface area (Å²) in [4.78, 5) is 10.7. The van der Waals surface area contributed by atoms with Gasteiger partial charge in [0, 0.05) is 17.3 Å². The normalized spacial score (nSPS) is 11.4. The summed E-state index contributed by atoms with van der Waals surface area (Å²) < 4.78 is 35.9. The van der Waals surface area contributed by atoms with Crippen molar-refractivity contribution in [3.05, 3.63) is 28.8 Å². The van der Waals surface area contributed by atoms with Gasteiger partial charge in [-0.2, -0.15) is 13.2 Å². The van der Waals surface area contributed by atoms with Crippen LogP contribution in [-0.4, -0.2) is 19.1 Å². The molecule has 0 atom stereocenters. The van der Waals surface area contributed by atoms with Crippen LogP contribution in [0.4, 0.5) is 18.9 Å². The first-order valence-electron chi connectivity index (χ1n) is 4.66. The second-order valence-electron chi connectivity index (χ2n) is 3.29. The van der Waals surface area contributed by atoms with E-state index in [1.54, 1.807) is 18.4 Å². The fraction of sp³-hybridized carbons (Fsp3) is 0.300. The zero-order valence-electron chi connectivity index (χ0n) is 8.86. The molecule has 1 aromatic carbocycles. The molecule has 7 heteroatoms. The van der Waals surface area contributed by atoms with Gasteiger partial charge in [-0.15, -0.1) is 0 Å². The first-order chi connectivity index (χ1) is 7.84. The molecular weight excluding hydrogens is 257 g/mol. The molecule has 0 radical (unpaired) electrons. The summed E-state index contributed by atoms with van der Waals surface area (Å²) in [7, 11) is 1.72. The third kappa shape index (κ3) is 3.90. The van der Waals surface area contributed by atoms with E-state index in [1.165, 1.54) is 12.1 Å². The number of anilines is 1. The summed E-state index contributed by atoms with van der Waals surface area (Å²) in [5, 5.41) is 4.87. The number of alkyl halides is 3. The molecule has 1 amide bonds. The van der Waals surface area contributed by atoms with Crippen LogP contribution in [0.1, 0.15) is 5.56 Å². The summed E-state index contributed by atoms with van der Waals surface area (Å²) in [6.45, 7) is 0.492. The van der Waals surface area contributed by atoms with Crippen LogP contribution in [0.15, 0.2) is 18.2 Å². The van der Waals surface area contributed by atoms with Gasteiger partial charge in [-0.05, 0) is 24.7 Å². The number of carbonyl (C=O) groups is 1. The van der Waals surface area contributed by atoms with Crippen molar-refractivity contribution in [3.63, 3.8) is 0 Å². The molecule has 0 unspecified atom stereocenters. The molecule has 0 saturated heterocycles. The van der Waals surface area contributed by atoms with Gasteiger partial charge in [-0.1, -0.05) is 17.7 Å². The molecule has 1 rings (SSSR count). The van der Waals surface area contributed by atoms with Crippen LogP contribution in [0.25, 0.3) is 0 Å². The summed E-state index contributed by atoms with van der Waals surface area (Å²) in [5.41, 5.74) is 0.747. The monoisotopic (exact) mass is 266 g/mol. The minimum Gasteiger partial charge on any atom is -0.318 e. The lowest BCUT2D eigenvalue weighted by Crippen LogP contribution is -2.29. The molecule has 2 N–H and O–H groups in total. The molecule has 0 aromatic heterocycles. The van der Waals surface area contributed by atoms with Crippen molar-refractivity contribution < 1.29 is 18.0 Å². The Labute approximate surface area is 101 Å². The quantitative estimate of drug-likeness (QED) is 0.883. The van der Waals surface area contributed by atoms with E-state index in [-0.39, 0.29) is 5.69 Å². The summed E-state index contributed by atoms with van der Waals surface area (Å²) >= 11 is 5.83. The molecule has 0 fully saturated rings. The van der Waals surface area contributed by atoms with Crippen LogP contribution < -0.4 is 10.6 Å². The Morgan fingerprint density at radius 2 is 2.06 bits per heavy atom. The van der Waals surface area contributed by atoms with E-state index in [0.29, 0.717) is 11.6 Å². The van der Waals surface area contributed by atoms with E-state index >= 15 is 0 Å². The lowest BCUT2D eigenvalue weighted by atomic mass is 10.2. The molecular formula is C10H10ClF3N2O. The highest BCUT2D eigenvalue weighted by Gasteiger charge is 2.38. The zero-order valence-corrected chi connectivity index (χ0v) is 9.62. The number of nitrogens with one attached hydrogen (secondary N) is 2. The van der Waals surface area contributed by atoms with Gasteiger partial charge in [0.15, 0.2) is 0 Å². The molecule has 0 aliphatic carbocycles. The van der Waals surface area contributed by atoms with Gasteiger partial charge in [0.1, 0.15) is 0 Å². The minimum absolute atomic E-state index is 0.0113. The van der Waals surface area contributed by atoms with Crippen LogP contribution in [0.3, 0.4) is 0 Å². The largest absolute Gasteiger partial charge is 0.471 e. The van der Waals surface area contributed by atoms with Crippen molar-refractivity contribution in [1.82, 2.24) is 5.32 Å². The van der Waals surface area contributed by atoms with Gasteiger partial charge < -0.3 is 10.6 Å². The average molecular weight is 267 g/mol. The standard InChI is InChI=1S/C10H10ClF3N2O/c1-15-5-6-2-3-7(4-8(6)11)16-9(17)10(12,13)14/h2-4,15H,5H2,1H3,(H,16,17). The second kappa shape index (κ2) is 5.37. The van der Waals surface area contributed by atoms with Gasteiger partial charge in [0.25, 0.3) is 0 Å². The first-order valence-corrected chi connectivity index (χ1v) is 5.03. The maximum Gasteiger partial charge on any atom is 0.471 e. The van der Waals surface area contributed by atoms with Gasteiger partial charge in [0.2, 0.25) is 0 Å². The predicted octanol–water partition coefficient (Wildman–Crippen LogP) is 2.56. The summed E-state index contributed by atoms with van der Waals surface area (Å²) in [6.07, 6.45) is -4.91. The van der Waals surface area contributed by atoms with Gasteiger partial charge in [-0.3, -0.25) is 4.79 Å². The number of hydrogen-bond donors (Lipinski definition) is 2. The van der Waals surface area contributed by atoms with Crippen LogP contribution >= 0.6 is 11.6 Å². The molecule has 17 heavy (non-hydrogen) atoms. The summed E-state index contributed by atoms with van der Waals surface area (Å²) in [6, 6.07) is 4.19. The van der Waals surface area contributed by atoms with Crippen molar-refractivity contribution in [3.8, 4) is 0 Å². The van der Waals surface area contributed by atoms with Crippen molar-refractivity contribution >= 4 is 23.2 Å². The Hall–Kier alpha value is -1.27. The van der Waals surface area contributed by atoms with Gasteiger partial charge in [0.05, 0.1) is 0 Å². The molecule has 0 bridgehead atoms. The second-order valence-corrected chi connectivity index (χ2v) is 3.70. The van der Waals surface area contributed by atoms with Crippen molar-refractivity contribution in [2.45, 2.75) is 12.7 Å². The van der Waals surface area contributed by atoms with Crippen LogP contribution in [0.5, 0.6) is 0 Å². The fourth-order valence-corrected chi connectivity index (χ4v) is 1.41. The fourth-order valence-electron chi connectivity index (χ4n) is 1.16. The topological polar surface area (TPSA) is 41.1 Å². The Morgan fingerprint density at radius 3 is 2.53 bits per heavy atom. The van der Waals surface area contributed by atoms with Crippen molar-refractivity contribution in [2.75, 3.05) is 12.4 Å². The van der Waals surface area contributed by atoms with Crippen molar-refractivity contribution in [2.24, 2.45) is 0 Å². The molecule has 0 spiro atoms. The van der Waals surface area contributed by atoms with E-state index in [4.69, 9.17) is 11.6 Å². The first kappa shape index (κ1) is 13.8. The van der Waals surface area contributed by atoms with E-state index in [2.05, 4.69) is 5.32 Å². The Kier molecular flexibility index (Phi) is 4.36. The van der Waals surface area contributed by atoms with Gasteiger partial charge >= 0.3 is 12.1 Å². The average Bonchev–Trinajstić information content (AvgIpc) is 2.21. The highest BCUT2D eigenvalue weighted by molar-refractivity contribution is 6.31. The molecule has 94 valence electrons. The Bertz CT molecular complexity index is 421. The molecule has 3 nitrogen and oxygen atoms in total. The highest BCUT2D eigenvalue weighted by atomic mass is 35.5. The van der Waals surface area contributed by atoms with E-state index in [0.717, 1.165) is 5.56 Å². The minimum atomic E-state index is -4.91. The molecule has 0 saturated carbocycles. The van der Waals surface area contributed by atoms with E-state index in [1.807, 2.05) is 0 Å². The number of halogens is 4. The molecule has 1 aromatic rings. The molecule has 0 aliphatic heterocycles. The SMILES string of the molecule is CNCc1ccc(NC(=O)C(F)(F)F)cc1Cl. The van der Waals surface area contributed by atoms with Crippen molar-refractivity contribution in [1.29, 1.82) is 0 Å². The Morgan fingerprint density at radius 1 is 1.41 bits per heavy atom. The third-order valence-electron chi connectivity index (χ3n) is 1.94. The molecule has 0 aliphatic rings. The number of rotatable bonds is 3. The zero-order chi connectivity index (χ0) is 13.1. The smallest absolute Gasteiger partial charge is 0.318 e. The van der Waals surface area contributed by atoms with Crippen LogP contribution in [0, 0.1) is 0 Å².